The van der Waals surface area contributed by atoms with Crippen molar-refractivity contribution < 1.29 is 19.1 Å². The number of halogens is 1. The van der Waals surface area contributed by atoms with Crippen LogP contribution in [0.15, 0.2) is 72.9 Å². The van der Waals surface area contributed by atoms with Crippen molar-refractivity contribution in [3.05, 3.63) is 89.2 Å². The summed E-state index contributed by atoms with van der Waals surface area (Å²) in [7, 11) is 0. The van der Waals surface area contributed by atoms with Crippen LogP contribution in [0.2, 0.25) is 5.02 Å². The molecule has 206 valence electrons. The van der Waals surface area contributed by atoms with Crippen LogP contribution in [0.4, 0.5) is 16.2 Å². The van der Waals surface area contributed by atoms with E-state index >= 15 is 0 Å². The molecule has 9 heteroatoms. The van der Waals surface area contributed by atoms with Crippen molar-refractivity contribution in [3.8, 4) is 11.1 Å². The Morgan fingerprint density at radius 2 is 1.77 bits per heavy atom. The SMILES string of the molecule is CC(C)OC(=O)c1cc(NC(=O)Nc2ccc(-c3ccc(CN4CCOCC4)nc3)c3ccccc23)ccc1Cl. The highest BCUT2D eigenvalue weighted by molar-refractivity contribution is 6.33. The van der Waals surface area contributed by atoms with E-state index < -0.39 is 12.0 Å². The van der Waals surface area contributed by atoms with Crippen molar-refractivity contribution in [2.45, 2.75) is 26.5 Å². The average molecular weight is 559 g/mol. The number of hydrogen-bond donors (Lipinski definition) is 2. The van der Waals surface area contributed by atoms with Crippen molar-refractivity contribution in [3.63, 3.8) is 0 Å². The Labute approximate surface area is 238 Å². The number of ether oxygens (including phenoxy) is 2. The molecule has 2 amide bonds. The number of aromatic nitrogens is 1. The lowest BCUT2D eigenvalue weighted by Crippen LogP contribution is -2.35. The molecule has 2 N–H and O–H groups in total. The fraction of sp³-hybridized carbons (Fsp3) is 0.258. The van der Waals surface area contributed by atoms with Gasteiger partial charge in [0.05, 0.1) is 41.3 Å². The minimum atomic E-state index is -0.547. The molecule has 4 aromatic rings. The van der Waals surface area contributed by atoms with Crippen molar-refractivity contribution in [2.24, 2.45) is 0 Å². The predicted molar refractivity (Wildman–Crippen MR) is 158 cm³/mol. The zero-order valence-corrected chi connectivity index (χ0v) is 23.2. The molecule has 1 aromatic heterocycles. The van der Waals surface area contributed by atoms with E-state index in [2.05, 4.69) is 27.7 Å². The van der Waals surface area contributed by atoms with Crippen LogP contribution >= 0.6 is 11.6 Å². The highest BCUT2D eigenvalue weighted by atomic mass is 35.5. The predicted octanol–water partition coefficient (Wildman–Crippen LogP) is 6.60. The topological polar surface area (TPSA) is 92.8 Å². The van der Waals surface area contributed by atoms with Gasteiger partial charge in [-0.3, -0.25) is 9.88 Å². The van der Waals surface area contributed by atoms with E-state index in [9.17, 15) is 9.59 Å². The quantitative estimate of drug-likeness (QED) is 0.248. The molecule has 0 radical (unpaired) electrons. The first kappa shape index (κ1) is 27.6. The van der Waals surface area contributed by atoms with E-state index in [-0.39, 0.29) is 16.7 Å². The van der Waals surface area contributed by atoms with E-state index in [1.54, 1.807) is 26.0 Å². The Morgan fingerprint density at radius 1 is 1.00 bits per heavy atom. The normalized spacial score (nSPS) is 13.8. The molecule has 8 nitrogen and oxygen atoms in total. The molecule has 0 unspecified atom stereocenters. The van der Waals surface area contributed by atoms with Crippen LogP contribution in [0.1, 0.15) is 29.9 Å². The molecule has 0 saturated carbocycles. The second-order valence-electron chi connectivity index (χ2n) is 9.86. The lowest BCUT2D eigenvalue weighted by atomic mass is 9.98. The summed E-state index contributed by atoms with van der Waals surface area (Å²) in [5, 5.41) is 7.85. The van der Waals surface area contributed by atoms with Gasteiger partial charge in [0.1, 0.15) is 0 Å². The van der Waals surface area contributed by atoms with Gasteiger partial charge in [-0.15, -0.1) is 0 Å². The smallest absolute Gasteiger partial charge is 0.339 e. The van der Waals surface area contributed by atoms with Crippen LogP contribution in [0, 0.1) is 0 Å². The Bertz CT molecular complexity index is 1520. The van der Waals surface area contributed by atoms with Gasteiger partial charge < -0.3 is 20.1 Å². The number of pyridine rings is 1. The molecule has 5 rings (SSSR count). The summed E-state index contributed by atoms with van der Waals surface area (Å²) in [6.45, 7) is 7.67. The zero-order valence-electron chi connectivity index (χ0n) is 22.4. The standard InChI is InChI=1S/C31H31ClN4O4/c1-20(2)40-30(37)27-17-22(9-11-28(27)32)34-31(38)35-29-12-10-24(25-5-3-4-6-26(25)29)21-7-8-23(33-18-21)19-36-13-15-39-16-14-36/h3-12,17-18,20H,13-16,19H2,1-2H3,(H2,34,35,38). The van der Waals surface area contributed by atoms with Gasteiger partial charge in [-0.2, -0.15) is 0 Å². The molecule has 3 aromatic carbocycles. The Balaban J connectivity index is 1.32. The number of nitrogens with one attached hydrogen (secondary N) is 2. The summed E-state index contributed by atoms with van der Waals surface area (Å²) >= 11 is 6.18. The third kappa shape index (κ3) is 6.59. The van der Waals surface area contributed by atoms with Gasteiger partial charge in [-0.05, 0) is 55.1 Å². The molecule has 0 spiro atoms. The minimum Gasteiger partial charge on any atom is -0.459 e. The largest absolute Gasteiger partial charge is 0.459 e. The summed E-state index contributed by atoms with van der Waals surface area (Å²) in [5.41, 5.74) is 4.31. The highest BCUT2D eigenvalue weighted by Crippen LogP contribution is 2.33. The summed E-state index contributed by atoms with van der Waals surface area (Å²) in [5.74, 6) is -0.547. The number of hydrogen-bond acceptors (Lipinski definition) is 6. The second kappa shape index (κ2) is 12.5. The molecular weight excluding hydrogens is 528 g/mol. The van der Waals surface area contributed by atoms with Crippen molar-refractivity contribution in [1.29, 1.82) is 0 Å². The fourth-order valence-electron chi connectivity index (χ4n) is 4.65. The van der Waals surface area contributed by atoms with Crippen molar-refractivity contribution in [2.75, 3.05) is 36.9 Å². The molecule has 40 heavy (non-hydrogen) atoms. The van der Waals surface area contributed by atoms with Crippen molar-refractivity contribution in [1.82, 2.24) is 9.88 Å². The maximum absolute atomic E-state index is 12.9. The molecular formula is C31H31ClN4O4. The lowest BCUT2D eigenvalue weighted by molar-refractivity contribution is 0.0336. The number of fused-ring (bicyclic) bond motifs is 1. The average Bonchev–Trinajstić information content (AvgIpc) is 2.95. The van der Waals surface area contributed by atoms with Crippen LogP contribution in [0.25, 0.3) is 21.9 Å². The first-order chi connectivity index (χ1) is 19.4. The van der Waals surface area contributed by atoms with E-state index in [0.29, 0.717) is 11.4 Å². The Morgan fingerprint density at radius 3 is 2.50 bits per heavy atom. The minimum absolute atomic E-state index is 0.188. The third-order valence-electron chi connectivity index (χ3n) is 6.58. The van der Waals surface area contributed by atoms with Crippen LogP contribution in [0.5, 0.6) is 0 Å². The summed E-state index contributed by atoms with van der Waals surface area (Å²) in [4.78, 5) is 32.3. The van der Waals surface area contributed by atoms with Gasteiger partial charge in [-0.1, -0.05) is 48.0 Å². The summed E-state index contributed by atoms with van der Waals surface area (Å²) in [6.07, 6.45) is 1.61. The van der Waals surface area contributed by atoms with Gasteiger partial charge in [0, 0.05) is 42.5 Å². The van der Waals surface area contributed by atoms with E-state index in [1.165, 1.54) is 6.07 Å². The zero-order chi connectivity index (χ0) is 28.1. The molecule has 1 fully saturated rings. The van der Waals surface area contributed by atoms with Gasteiger partial charge in [0.25, 0.3) is 0 Å². The number of morpholine rings is 1. The maximum Gasteiger partial charge on any atom is 0.339 e. The van der Waals surface area contributed by atoms with Gasteiger partial charge in [-0.25, -0.2) is 9.59 Å². The highest BCUT2D eigenvalue weighted by Gasteiger charge is 2.16. The fourth-order valence-corrected chi connectivity index (χ4v) is 4.84. The number of benzene rings is 3. The number of anilines is 2. The van der Waals surface area contributed by atoms with Gasteiger partial charge in [0.2, 0.25) is 0 Å². The molecule has 1 aliphatic rings. The number of carbonyl (C=O) groups excluding carboxylic acids is 2. The van der Waals surface area contributed by atoms with Gasteiger partial charge >= 0.3 is 12.0 Å². The maximum atomic E-state index is 12.9. The van der Waals surface area contributed by atoms with Crippen molar-refractivity contribution >= 4 is 45.7 Å². The van der Waals surface area contributed by atoms with Crippen LogP contribution in [-0.2, 0) is 16.0 Å². The molecule has 0 aliphatic carbocycles. The van der Waals surface area contributed by atoms with E-state index in [4.69, 9.17) is 26.1 Å². The third-order valence-corrected chi connectivity index (χ3v) is 6.91. The summed E-state index contributed by atoms with van der Waals surface area (Å²) in [6, 6.07) is 20.2. The van der Waals surface area contributed by atoms with E-state index in [1.807, 2.05) is 42.6 Å². The lowest BCUT2D eigenvalue weighted by Gasteiger charge is -2.26. The monoisotopic (exact) mass is 558 g/mol. The molecule has 0 bridgehead atoms. The number of esters is 1. The number of urea groups is 1. The van der Waals surface area contributed by atoms with Crippen LogP contribution in [-0.4, -0.2) is 54.3 Å². The molecule has 1 saturated heterocycles. The molecule has 0 atom stereocenters. The van der Waals surface area contributed by atoms with Crippen LogP contribution < -0.4 is 10.6 Å². The molecule has 2 heterocycles. The molecule has 1 aliphatic heterocycles. The number of carbonyl (C=O) groups is 2. The van der Waals surface area contributed by atoms with Crippen LogP contribution in [0.3, 0.4) is 0 Å². The number of nitrogens with zero attached hydrogens (tertiary/aromatic N) is 2. The summed E-state index contributed by atoms with van der Waals surface area (Å²) < 4.78 is 10.7. The Kier molecular flexibility index (Phi) is 8.60. The van der Waals surface area contributed by atoms with E-state index in [0.717, 1.165) is 60.4 Å². The number of rotatable bonds is 7. The Hall–Kier alpha value is -3.98. The second-order valence-corrected chi connectivity index (χ2v) is 10.3. The van der Waals surface area contributed by atoms with Gasteiger partial charge in [0.15, 0.2) is 0 Å². The number of amides is 2. The first-order valence-electron chi connectivity index (χ1n) is 13.2. The first-order valence-corrected chi connectivity index (χ1v) is 13.6.